The van der Waals surface area contributed by atoms with Gasteiger partial charge in [0.2, 0.25) is 0 Å². The van der Waals surface area contributed by atoms with Crippen LogP contribution in [0.15, 0.2) is 18.2 Å². The Kier molecular flexibility index (Phi) is 5.86. The van der Waals surface area contributed by atoms with Gasteiger partial charge in [-0.1, -0.05) is 30.5 Å². The smallest absolute Gasteiger partial charge is 0.120 e. The summed E-state index contributed by atoms with van der Waals surface area (Å²) in [6.45, 7) is 8.76. The van der Waals surface area contributed by atoms with Crippen molar-refractivity contribution in [3.05, 3.63) is 29.3 Å². The zero-order chi connectivity index (χ0) is 14.4. The molecule has 0 amide bonds. The van der Waals surface area contributed by atoms with Crippen LogP contribution in [-0.4, -0.2) is 36.2 Å². The topological polar surface area (TPSA) is 35.5 Å². The van der Waals surface area contributed by atoms with E-state index in [2.05, 4.69) is 30.1 Å². The van der Waals surface area contributed by atoms with Crippen LogP contribution in [0.25, 0.3) is 0 Å². The molecule has 1 atom stereocenters. The third-order valence-corrected chi connectivity index (χ3v) is 4.23. The number of aryl methyl sites for hydroxylation is 1. The second kappa shape index (κ2) is 7.65. The summed E-state index contributed by atoms with van der Waals surface area (Å²) in [5.41, 5.74) is 2.19. The highest BCUT2D eigenvalue weighted by Gasteiger charge is 2.12. The average molecular weight is 276 g/mol. The minimum Gasteiger partial charge on any atom is -0.508 e. The van der Waals surface area contributed by atoms with Crippen molar-refractivity contribution in [2.45, 2.75) is 45.6 Å². The molecule has 1 aliphatic rings. The van der Waals surface area contributed by atoms with Crippen LogP contribution in [-0.2, 0) is 0 Å². The van der Waals surface area contributed by atoms with E-state index in [0.29, 0.717) is 5.75 Å². The average Bonchev–Trinajstić information content (AvgIpc) is 2.70. The van der Waals surface area contributed by atoms with Crippen molar-refractivity contribution in [3.63, 3.8) is 0 Å². The molecule has 112 valence electrons. The number of phenolic OH excluding ortho intramolecular Hbond substituents is 1. The lowest BCUT2D eigenvalue weighted by Gasteiger charge is -2.22. The number of likely N-dealkylation sites (tertiary alicyclic amines) is 1. The fourth-order valence-electron chi connectivity index (χ4n) is 2.93. The van der Waals surface area contributed by atoms with Crippen LogP contribution in [0.4, 0.5) is 0 Å². The van der Waals surface area contributed by atoms with E-state index in [1.54, 1.807) is 6.07 Å². The molecule has 0 bridgehead atoms. The van der Waals surface area contributed by atoms with Crippen molar-refractivity contribution in [2.24, 2.45) is 0 Å². The van der Waals surface area contributed by atoms with Gasteiger partial charge in [0.25, 0.3) is 0 Å². The van der Waals surface area contributed by atoms with E-state index in [-0.39, 0.29) is 6.04 Å². The molecule has 0 aromatic heterocycles. The van der Waals surface area contributed by atoms with Gasteiger partial charge in [0.05, 0.1) is 0 Å². The van der Waals surface area contributed by atoms with Crippen molar-refractivity contribution >= 4 is 0 Å². The fourth-order valence-corrected chi connectivity index (χ4v) is 2.93. The SMILES string of the molecule is Cc1ccc(O)c(C(C)NCCN2CCCCCC2)c1. The monoisotopic (exact) mass is 276 g/mol. The standard InChI is InChI=1S/C17H28N2O/c1-14-7-8-17(20)16(13-14)15(2)18-9-12-19-10-5-3-4-6-11-19/h7-8,13,15,18,20H,3-6,9-12H2,1-2H3. The minimum atomic E-state index is 0.196. The summed E-state index contributed by atoms with van der Waals surface area (Å²) < 4.78 is 0. The zero-order valence-electron chi connectivity index (χ0n) is 12.9. The third kappa shape index (κ3) is 4.50. The Morgan fingerprint density at radius 2 is 1.90 bits per heavy atom. The van der Waals surface area contributed by atoms with E-state index in [4.69, 9.17) is 0 Å². The van der Waals surface area contributed by atoms with E-state index in [9.17, 15) is 5.11 Å². The van der Waals surface area contributed by atoms with E-state index in [1.807, 2.05) is 6.07 Å². The number of phenols is 1. The van der Waals surface area contributed by atoms with Crippen LogP contribution in [0.1, 0.15) is 49.8 Å². The maximum Gasteiger partial charge on any atom is 0.120 e. The molecule has 1 aliphatic heterocycles. The Balaban J connectivity index is 1.79. The molecule has 1 unspecified atom stereocenters. The molecule has 1 fully saturated rings. The Hall–Kier alpha value is -1.06. The molecule has 1 heterocycles. The number of hydrogen-bond donors (Lipinski definition) is 2. The summed E-state index contributed by atoms with van der Waals surface area (Å²) in [6, 6.07) is 6.00. The van der Waals surface area contributed by atoms with Gasteiger partial charge in [0, 0.05) is 24.7 Å². The Bertz CT molecular complexity index is 411. The fraction of sp³-hybridized carbons (Fsp3) is 0.647. The van der Waals surface area contributed by atoms with Crippen molar-refractivity contribution in [1.82, 2.24) is 10.2 Å². The number of nitrogens with zero attached hydrogens (tertiary/aromatic N) is 1. The minimum absolute atomic E-state index is 0.196. The van der Waals surface area contributed by atoms with E-state index in [1.165, 1.54) is 44.3 Å². The summed E-state index contributed by atoms with van der Waals surface area (Å²) >= 11 is 0. The number of aromatic hydroxyl groups is 1. The van der Waals surface area contributed by atoms with Gasteiger partial charge in [0.1, 0.15) is 5.75 Å². The maximum atomic E-state index is 9.94. The zero-order valence-corrected chi connectivity index (χ0v) is 12.9. The highest BCUT2D eigenvalue weighted by atomic mass is 16.3. The van der Waals surface area contributed by atoms with E-state index >= 15 is 0 Å². The van der Waals surface area contributed by atoms with Gasteiger partial charge in [-0.2, -0.15) is 0 Å². The van der Waals surface area contributed by atoms with Crippen molar-refractivity contribution < 1.29 is 5.11 Å². The molecule has 1 aromatic rings. The van der Waals surface area contributed by atoms with Crippen LogP contribution in [0.2, 0.25) is 0 Å². The predicted octanol–water partition coefficient (Wildman–Crippen LogP) is 3.23. The first-order valence-corrected chi connectivity index (χ1v) is 7.92. The Labute approximate surface area is 123 Å². The number of benzene rings is 1. The largest absolute Gasteiger partial charge is 0.508 e. The lowest BCUT2D eigenvalue weighted by Crippen LogP contribution is -2.33. The molecular weight excluding hydrogens is 248 g/mol. The normalized spacial score (nSPS) is 18.7. The molecule has 0 radical (unpaired) electrons. The molecule has 2 rings (SSSR count). The molecule has 1 saturated heterocycles. The predicted molar refractivity (Wildman–Crippen MR) is 84.2 cm³/mol. The third-order valence-electron chi connectivity index (χ3n) is 4.23. The van der Waals surface area contributed by atoms with Crippen LogP contribution >= 0.6 is 0 Å². The van der Waals surface area contributed by atoms with Gasteiger partial charge in [-0.15, -0.1) is 0 Å². The van der Waals surface area contributed by atoms with Crippen LogP contribution in [0, 0.1) is 6.92 Å². The first kappa shape index (κ1) is 15.3. The van der Waals surface area contributed by atoms with E-state index < -0.39 is 0 Å². The molecular formula is C17H28N2O. The summed E-state index contributed by atoms with van der Waals surface area (Å²) in [7, 11) is 0. The van der Waals surface area contributed by atoms with Gasteiger partial charge < -0.3 is 15.3 Å². The van der Waals surface area contributed by atoms with E-state index in [0.717, 1.165) is 18.7 Å². The second-order valence-electron chi connectivity index (χ2n) is 5.99. The molecule has 3 nitrogen and oxygen atoms in total. The summed E-state index contributed by atoms with van der Waals surface area (Å²) in [5, 5.41) is 13.5. The van der Waals surface area contributed by atoms with Crippen LogP contribution in [0.3, 0.4) is 0 Å². The summed E-state index contributed by atoms with van der Waals surface area (Å²) in [5.74, 6) is 0.394. The van der Waals surface area contributed by atoms with Crippen LogP contribution in [0.5, 0.6) is 5.75 Å². The van der Waals surface area contributed by atoms with Gasteiger partial charge >= 0.3 is 0 Å². The van der Waals surface area contributed by atoms with Gasteiger partial charge in [-0.05, 0) is 45.8 Å². The Morgan fingerprint density at radius 3 is 2.60 bits per heavy atom. The lowest BCUT2D eigenvalue weighted by molar-refractivity contribution is 0.280. The second-order valence-corrected chi connectivity index (χ2v) is 5.99. The number of rotatable bonds is 5. The Morgan fingerprint density at radius 1 is 1.20 bits per heavy atom. The van der Waals surface area contributed by atoms with Gasteiger partial charge in [0.15, 0.2) is 0 Å². The van der Waals surface area contributed by atoms with Crippen molar-refractivity contribution in [2.75, 3.05) is 26.2 Å². The molecule has 0 saturated carbocycles. The number of hydrogen-bond acceptors (Lipinski definition) is 3. The summed E-state index contributed by atoms with van der Waals surface area (Å²) in [4.78, 5) is 2.56. The van der Waals surface area contributed by atoms with Crippen molar-refractivity contribution in [1.29, 1.82) is 0 Å². The highest BCUT2D eigenvalue weighted by molar-refractivity contribution is 5.37. The molecule has 2 N–H and O–H groups in total. The molecule has 20 heavy (non-hydrogen) atoms. The lowest BCUT2D eigenvalue weighted by atomic mass is 10.0. The molecule has 0 aliphatic carbocycles. The first-order chi connectivity index (χ1) is 9.66. The summed E-state index contributed by atoms with van der Waals surface area (Å²) in [6.07, 6.45) is 5.46. The quantitative estimate of drug-likeness (QED) is 0.866. The van der Waals surface area contributed by atoms with Gasteiger partial charge in [-0.3, -0.25) is 0 Å². The van der Waals surface area contributed by atoms with Gasteiger partial charge in [-0.25, -0.2) is 0 Å². The highest BCUT2D eigenvalue weighted by Crippen LogP contribution is 2.24. The van der Waals surface area contributed by atoms with Crippen LogP contribution < -0.4 is 5.32 Å². The molecule has 1 aromatic carbocycles. The number of nitrogens with one attached hydrogen (secondary N) is 1. The maximum absolute atomic E-state index is 9.94. The molecule has 3 heteroatoms. The molecule has 0 spiro atoms. The first-order valence-electron chi connectivity index (χ1n) is 7.92. The van der Waals surface area contributed by atoms with Crippen molar-refractivity contribution in [3.8, 4) is 5.75 Å².